The Morgan fingerprint density at radius 3 is 1.38 bits per heavy atom. The van der Waals surface area contributed by atoms with Crippen LogP contribution in [0.15, 0.2) is 146 Å². The smallest absolute Gasteiger partial charge is 0.0353 e. The van der Waals surface area contributed by atoms with Gasteiger partial charge in [-0.25, -0.2) is 0 Å². The zero-order chi connectivity index (χ0) is 28.7. The van der Waals surface area contributed by atoms with Gasteiger partial charge in [-0.1, -0.05) is 142 Å². The Hall–Kier alpha value is -5.01. The normalized spacial score (nSPS) is 11.7. The van der Waals surface area contributed by atoms with Crippen LogP contribution in [0.2, 0.25) is 0 Å². The molecular weight excluding hydrogens is 506 g/mol. The Bertz CT molecular complexity index is 2010. The van der Waals surface area contributed by atoms with Crippen LogP contribution in [-0.2, 0) is 5.41 Å². The monoisotopic (exact) mass is 539 g/mol. The van der Waals surface area contributed by atoms with Crippen LogP contribution in [0.4, 0.5) is 0 Å². The van der Waals surface area contributed by atoms with Gasteiger partial charge in [0.15, 0.2) is 0 Å². The van der Waals surface area contributed by atoms with Gasteiger partial charge >= 0.3 is 0 Å². The number of benzene rings is 6. The summed E-state index contributed by atoms with van der Waals surface area (Å²) in [4.78, 5) is 4.62. The van der Waals surface area contributed by atoms with Gasteiger partial charge in [-0.15, -0.1) is 0 Å². The van der Waals surface area contributed by atoms with Gasteiger partial charge in [-0.05, 0) is 83.8 Å². The molecule has 0 spiro atoms. The number of hydrogen-bond acceptors (Lipinski definition) is 1. The summed E-state index contributed by atoms with van der Waals surface area (Å²) in [7, 11) is 0. The Labute approximate surface area is 248 Å². The number of nitrogens with zero attached hydrogens (tertiary/aromatic N) is 1. The third-order valence-corrected chi connectivity index (χ3v) is 8.35. The van der Waals surface area contributed by atoms with Crippen LogP contribution >= 0.6 is 0 Å². The second kappa shape index (κ2) is 10.4. The van der Waals surface area contributed by atoms with Gasteiger partial charge < -0.3 is 0 Å². The zero-order valence-electron chi connectivity index (χ0n) is 24.3. The second-order valence-electron chi connectivity index (χ2n) is 12.1. The van der Waals surface area contributed by atoms with Crippen LogP contribution in [0.3, 0.4) is 0 Å². The van der Waals surface area contributed by atoms with E-state index in [1.54, 1.807) is 0 Å². The van der Waals surface area contributed by atoms with Crippen molar-refractivity contribution in [1.29, 1.82) is 0 Å². The SMILES string of the molecule is CC(C)(C)c1ccc2c(-c3ccc(-c4ccccc4)cc3)c3cnccc3c(-c3ccc(-c4ccccc4)cc3)c2c1. The molecule has 1 nitrogen and oxygen atoms in total. The van der Waals surface area contributed by atoms with Crippen LogP contribution in [0, 0.1) is 0 Å². The first-order valence-corrected chi connectivity index (χ1v) is 14.6. The Kier molecular flexibility index (Phi) is 6.44. The lowest BCUT2D eigenvalue weighted by Crippen LogP contribution is -2.10. The molecule has 0 radical (unpaired) electrons. The lowest BCUT2D eigenvalue weighted by Gasteiger charge is -2.23. The molecule has 0 aliphatic heterocycles. The van der Waals surface area contributed by atoms with Gasteiger partial charge in [0.25, 0.3) is 0 Å². The average Bonchev–Trinajstić information content (AvgIpc) is 3.04. The molecule has 0 unspecified atom stereocenters. The third-order valence-electron chi connectivity index (χ3n) is 8.35. The van der Waals surface area contributed by atoms with Crippen LogP contribution in [0.1, 0.15) is 26.3 Å². The van der Waals surface area contributed by atoms with Crippen molar-refractivity contribution in [2.45, 2.75) is 26.2 Å². The molecule has 1 aromatic heterocycles. The van der Waals surface area contributed by atoms with Gasteiger partial charge in [0, 0.05) is 17.8 Å². The second-order valence-corrected chi connectivity index (χ2v) is 12.1. The van der Waals surface area contributed by atoms with Crippen molar-refractivity contribution in [2.24, 2.45) is 0 Å². The van der Waals surface area contributed by atoms with Gasteiger partial charge in [0.1, 0.15) is 0 Å². The van der Waals surface area contributed by atoms with Crippen molar-refractivity contribution in [3.8, 4) is 44.5 Å². The predicted molar refractivity (Wildman–Crippen MR) is 180 cm³/mol. The number of pyridine rings is 1. The Balaban J connectivity index is 1.48. The standard InChI is InChI=1S/C41H33N/c1-41(2,3)34-22-23-35-37(26-34)39(32-18-14-30(15-19-32)28-10-6-4-7-11-28)36-24-25-42-27-38(36)40(35)33-20-16-31(17-21-33)29-12-8-5-9-13-29/h4-27H,1-3H3. The summed E-state index contributed by atoms with van der Waals surface area (Å²) in [6.45, 7) is 6.87. The van der Waals surface area contributed by atoms with Crippen LogP contribution in [0.5, 0.6) is 0 Å². The molecule has 0 fully saturated rings. The molecule has 202 valence electrons. The molecule has 0 N–H and O–H groups in total. The molecule has 1 heteroatoms. The molecule has 0 aliphatic carbocycles. The number of hydrogen-bond donors (Lipinski definition) is 0. The maximum Gasteiger partial charge on any atom is 0.0353 e. The minimum atomic E-state index is 0.0350. The summed E-state index contributed by atoms with van der Waals surface area (Å²) in [5.74, 6) is 0. The molecule has 1 heterocycles. The van der Waals surface area contributed by atoms with E-state index in [2.05, 4.69) is 159 Å². The fraction of sp³-hybridized carbons (Fsp3) is 0.0976. The van der Waals surface area contributed by atoms with E-state index in [0.29, 0.717) is 0 Å². The molecule has 0 saturated heterocycles. The molecule has 6 aromatic carbocycles. The van der Waals surface area contributed by atoms with Gasteiger partial charge in [0.05, 0.1) is 0 Å². The van der Waals surface area contributed by atoms with E-state index in [-0.39, 0.29) is 5.41 Å². The molecule has 0 bridgehead atoms. The summed E-state index contributed by atoms with van der Waals surface area (Å²) in [6.07, 6.45) is 3.96. The van der Waals surface area contributed by atoms with Crippen LogP contribution < -0.4 is 0 Å². The first-order chi connectivity index (χ1) is 20.5. The van der Waals surface area contributed by atoms with Crippen molar-refractivity contribution in [3.63, 3.8) is 0 Å². The Morgan fingerprint density at radius 2 is 0.857 bits per heavy atom. The van der Waals surface area contributed by atoms with Crippen LogP contribution in [-0.4, -0.2) is 4.98 Å². The van der Waals surface area contributed by atoms with Crippen molar-refractivity contribution < 1.29 is 0 Å². The highest BCUT2D eigenvalue weighted by Gasteiger charge is 2.20. The van der Waals surface area contributed by atoms with Crippen molar-refractivity contribution >= 4 is 21.5 Å². The van der Waals surface area contributed by atoms with Crippen molar-refractivity contribution in [2.75, 3.05) is 0 Å². The van der Waals surface area contributed by atoms with Gasteiger partial charge in [-0.2, -0.15) is 0 Å². The highest BCUT2D eigenvalue weighted by atomic mass is 14.6. The summed E-state index contributed by atoms with van der Waals surface area (Å²) < 4.78 is 0. The highest BCUT2D eigenvalue weighted by Crippen LogP contribution is 2.45. The molecular formula is C41H33N. The highest BCUT2D eigenvalue weighted by molar-refractivity contribution is 6.21. The van der Waals surface area contributed by atoms with E-state index >= 15 is 0 Å². The molecule has 0 aliphatic rings. The Morgan fingerprint density at radius 1 is 0.405 bits per heavy atom. The predicted octanol–water partition coefficient (Wildman–Crippen LogP) is 11.4. The number of fused-ring (bicyclic) bond motifs is 2. The summed E-state index contributed by atoms with van der Waals surface area (Å²) in [5.41, 5.74) is 11.2. The molecule has 42 heavy (non-hydrogen) atoms. The molecule has 7 rings (SSSR count). The van der Waals surface area contributed by atoms with E-state index in [1.165, 1.54) is 71.6 Å². The maximum atomic E-state index is 4.62. The van der Waals surface area contributed by atoms with Crippen molar-refractivity contribution in [1.82, 2.24) is 4.98 Å². The lowest BCUT2D eigenvalue weighted by atomic mass is 9.81. The average molecular weight is 540 g/mol. The first-order valence-electron chi connectivity index (χ1n) is 14.6. The maximum absolute atomic E-state index is 4.62. The van der Waals surface area contributed by atoms with Gasteiger partial charge in [-0.3, -0.25) is 4.98 Å². The largest absolute Gasteiger partial charge is 0.264 e. The lowest BCUT2D eigenvalue weighted by molar-refractivity contribution is 0.591. The summed E-state index contributed by atoms with van der Waals surface area (Å²) >= 11 is 0. The van der Waals surface area contributed by atoms with E-state index < -0.39 is 0 Å². The molecule has 0 amide bonds. The van der Waals surface area contributed by atoms with Gasteiger partial charge in [0.2, 0.25) is 0 Å². The fourth-order valence-electron chi connectivity index (χ4n) is 6.08. The van der Waals surface area contributed by atoms with E-state index in [9.17, 15) is 0 Å². The third kappa shape index (κ3) is 4.67. The fourth-order valence-corrected chi connectivity index (χ4v) is 6.08. The van der Waals surface area contributed by atoms with E-state index in [4.69, 9.17) is 0 Å². The van der Waals surface area contributed by atoms with E-state index in [1.807, 2.05) is 12.4 Å². The van der Waals surface area contributed by atoms with Crippen LogP contribution in [0.25, 0.3) is 66.1 Å². The minimum Gasteiger partial charge on any atom is -0.264 e. The minimum absolute atomic E-state index is 0.0350. The summed E-state index contributed by atoms with van der Waals surface area (Å²) in [6, 6.07) is 48.4. The van der Waals surface area contributed by atoms with Crippen molar-refractivity contribution in [3.05, 3.63) is 151 Å². The number of aromatic nitrogens is 1. The topological polar surface area (TPSA) is 12.9 Å². The molecule has 7 aromatic rings. The summed E-state index contributed by atoms with van der Waals surface area (Å²) in [5, 5.41) is 4.91. The van der Waals surface area contributed by atoms with E-state index in [0.717, 1.165) is 0 Å². The number of rotatable bonds is 4. The quantitative estimate of drug-likeness (QED) is 0.203. The first kappa shape index (κ1) is 25.9. The molecule has 0 saturated carbocycles. The zero-order valence-corrected chi connectivity index (χ0v) is 24.3. The molecule has 0 atom stereocenters.